The lowest BCUT2D eigenvalue weighted by atomic mass is 9.88. The third-order valence-electron chi connectivity index (χ3n) is 6.86. The van der Waals surface area contributed by atoms with Crippen molar-refractivity contribution in [2.45, 2.75) is 56.2 Å². The molecule has 6 atom stereocenters. The minimum atomic E-state index is -2.42. The number of aliphatic hydroxyl groups excluding tert-OH is 3. The number of fused-ring (bicyclic) bond motifs is 1. The zero-order valence-electron chi connectivity index (χ0n) is 22.1. The summed E-state index contributed by atoms with van der Waals surface area (Å²) in [7, 11) is 0. The second-order valence-electron chi connectivity index (χ2n) is 9.88. The van der Waals surface area contributed by atoms with Crippen molar-refractivity contribution in [3.63, 3.8) is 0 Å². The summed E-state index contributed by atoms with van der Waals surface area (Å²) >= 11 is 5.84. The van der Waals surface area contributed by atoms with E-state index in [0.29, 0.717) is 10.6 Å². The molecule has 2 amide bonds. The van der Waals surface area contributed by atoms with E-state index in [1.807, 2.05) is 36.4 Å². The molecule has 4 rings (SSSR count). The van der Waals surface area contributed by atoms with Crippen LogP contribution >= 0.6 is 11.6 Å². The van der Waals surface area contributed by atoms with Gasteiger partial charge in [-0.2, -0.15) is 0 Å². The number of carbonyl (C=O) groups is 3. The van der Waals surface area contributed by atoms with Gasteiger partial charge in [-0.3, -0.25) is 9.59 Å². The molecule has 218 valence electrons. The third-order valence-corrected chi connectivity index (χ3v) is 7.12. The molecule has 1 heterocycles. The molecular formula is C29H31ClN2O9. The summed E-state index contributed by atoms with van der Waals surface area (Å²) in [6.45, 7) is 0.509. The van der Waals surface area contributed by atoms with Gasteiger partial charge in [-0.05, 0) is 46.7 Å². The molecule has 0 aromatic heterocycles. The maximum atomic E-state index is 12.5. The fourth-order valence-electron chi connectivity index (χ4n) is 4.72. The van der Waals surface area contributed by atoms with Gasteiger partial charge >= 0.3 is 5.97 Å². The van der Waals surface area contributed by atoms with E-state index in [2.05, 4.69) is 10.6 Å². The molecule has 0 aliphatic carbocycles. The van der Waals surface area contributed by atoms with Crippen molar-refractivity contribution in [3.8, 4) is 0 Å². The van der Waals surface area contributed by atoms with Crippen molar-refractivity contribution in [2.24, 2.45) is 0 Å². The molecule has 3 aromatic rings. The lowest BCUT2D eigenvalue weighted by molar-refractivity contribution is -0.314. The Morgan fingerprint density at radius 2 is 1.76 bits per heavy atom. The largest absolute Gasteiger partial charge is 0.477 e. The van der Waals surface area contributed by atoms with E-state index in [1.54, 1.807) is 6.07 Å². The number of nitrogens with one attached hydrogen (secondary N) is 2. The summed E-state index contributed by atoms with van der Waals surface area (Å²) in [6, 6.07) is 17.7. The van der Waals surface area contributed by atoms with Gasteiger partial charge in [0.2, 0.25) is 5.91 Å². The SMILES string of the molecule is CC(=O)N[C@H]1[C@H]([C@H](O)[C@@H](O)CNC(=O)c2ccc(Cl)cc2)O[C@](OCc2ccc3ccccc3c2)(C(=O)O)C[C@@H]1O. The minimum absolute atomic E-state index is 0.211. The number of aliphatic carboxylic acids is 1. The Morgan fingerprint density at radius 3 is 2.41 bits per heavy atom. The van der Waals surface area contributed by atoms with Crippen LogP contribution in [-0.2, 0) is 25.7 Å². The number of rotatable bonds is 10. The monoisotopic (exact) mass is 586 g/mol. The van der Waals surface area contributed by atoms with Gasteiger partial charge in [0.15, 0.2) is 0 Å². The molecule has 3 aromatic carbocycles. The zero-order valence-corrected chi connectivity index (χ0v) is 22.8. The molecule has 12 heteroatoms. The number of hydrogen-bond donors (Lipinski definition) is 6. The summed E-state index contributed by atoms with van der Waals surface area (Å²) in [5, 5.41) is 50.0. The van der Waals surface area contributed by atoms with Crippen molar-refractivity contribution >= 4 is 40.2 Å². The zero-order chi connectivity index (χ0) is 29.7. The number of hydrogen-bond acceptors (Lipinski definition) is 8. The molecule has 0 spiro atoms. The highest BCUT2D eigenvalue weighted by Gasteiger charge is 2.55. The highest BCUT2D eigenvalue weighted by molar-refractivity contribution is 6.30. The maximum Gasteiger partial charge on any atom is 0.364 e. The van der Waals surface area contributed by atoms with Crippen LogP contribution in [0.2, 0.25) is 5.02 Å². The molecule has 0 bridgehead atoms. The standard InChI is InChI=1S/C29H31ClN2O9/c1-16(33)32-24-22(34)13-29(28(38)39,40-15-17-6-7-18-4-2-3-5-20(18)12-17)41-26(24)25(36)23(35)14-31-27(37)19-8-10-21(30)11-9-19/h2-12,22-26,34-36H,13-15H2,1H3,(H,31,37)(H,32,33)(H,38,39)/t22-,23-,24+,25+,26+,29-/m0/s1. The first-order chi connectivity index (χ1) is 19.5. The molecule has 1 fully saturated rings. The van der Waals surface area contributed by atoms with E-state index in [9.17, 15) is 34.8 Å². The molecule has 0 unspecified atom stereocenters. The summed E-state index contributed by atoms with van der Waals surface area (Å²) in [6.07, 6.45) is -7.26. The van der Waals surface area contributed by atoms with E-state index in [1.165, 1.54) is 31.2 Å². The molecule has 1 aliphatic rings. The van der Waals surface area contributed by atoms with E-state index in [4.69, 9.17) is 21.1 Å². The van der Waals surface area contributed by atoms with Gasteiger partial charge in [-0.1, -0.05) is 48.0 Å². The van der Waals surface area contributed by atoms with Crippen LogP contribution in [-0.4, -0.2) is 81.0 Å². The van der Waals surface area contributed by atoms with Crippen molar-refractivity contribution in [1.82, 2.24) is 10.6 Å². The van der Waals surface area contributed by atoms with Gasteiger partial charge in [-0.15, -0.1) is 0 Å². The third kappa shape index (κ3) is 7.20. The normalized spacial score (nSPS) is 23.9. The van der Waals surface area contributed by atoms with Gasteiger partial charge in [0.05, 0.1) is 24.9 Å². The Bertz CT molecular complexity index is 1400. The summed E-state index contributed by atoms with van der Waals surface area (Å²) in [4.78, 5) is 36.8. The first-order valence-electron chi connectivity index (χ1n) is 12.9. The van der Waals surface area contributed by atoms with Crippen LogP contribution in [0.1, 0.15) is 29.3 Å². The lowest BCUT2D eigenvalue weighted by Gasteiger charge is -2.46. The predicted molar refractivity (Wildman–Crippen MR) is 148 cm³/mol. The number of halogens is 1. The number of carboxylic acids is 1. The van der Waals surface area contributed by atoms with Crippen molar-refractivity contribution in [2.75, 3.05) is 6.54 Å². The maximum absolute atomic E-state index is 12.5. The highest BCUT2D eigenvalue weighted by atomic mass is 35.5. The van der Waals surface area contributed by atoms with E-state index >= 15 is 0 Å². The van der Waals surface area contributed by atoms with Crippen LogP contribution in [0.4, 0.5) is 0 Å². The second-order valence-corrected chi connectivity index (χ2v) is 10.3. The Morgan fingerprint density at radius 1 is 1.07 bits per heavy atom. The molecule has 41 heavy (non-hydrogen) atoms. The summed E-state index contributed by atoms with van der Waals surface area (Å²) in [5.41, 5.74) is 0.886. The Kier molecular flexibility index (Phi) is 9.59. The molecule has 11 nitrogen and oxygen atoms in total. The number of carboxylic acid groups (broad SMARTS) is 1. The van der Waals surface area contributed by atoms with Crippen molar-refractivity contribution < 1.29 is 44.3 Å². The van der Waals surface area contributed by atoms with Crippen LogP contribution in [0.5, 0.6) is 0 Å². The molecule has 1 aliphatic heterocycles. The lowest BCUT2D eigenvalue weighted by Crippen LogP contribution is -2.68. The molecule has 0 saturated carbocycles. The first-order valence-corrected chi connectivity index (χ1v) is 13.2. The Balaban J connectivity index is 1.52. The van der Waals surface area contributed by atoms with Gasteiger partial charge in [0, 0.05) is 30.5 Å². The van der Waals surface area contributed by atoms with Crippen molar-refractivity contribution in [1.29, 1.82) is 0 Å². The minimum Gasteiger partial charge on any atom is -0.477 e. The predicted octanol–water partition coefficient (Wildman–Crippen LogP) is 1.60. The second kappa shape index (κ2) is 12.9. The van der Waals surface area contributed by atoms with E-state index in [0.717, 1.165) is 10.8 Å². The first kappa shape index (κ1) is 30.4. The van der Waals surface area contributed by atoms with Crippen molar-refractivity contribution in [3.05, 3.63) is 82.9 Å². The number of aliphatic hydroxyl groups is 3. The average Bonchev–Trinajstić information content (AvgIpc) is 2.95. The highest BCUT2D eigenvalue weighted by Crippen LogP contribution is 2.34. The van der Waals surface area contributed by atoms with Gasteiger partial charge in [0.1, 0.15) is 12.2 Å². The molecule has 6 N–H and O–H groups in total. The Labute approximate surface area is 240 Å². The fraction of sp³-hybridized carbons (Fsp3) is 0.345. The summed E-state index contributed by atoms with van der Waals surface area (Å²) < 4.78 is 11.5. The average molecular weight is 587 g/mol. The van der Waals surface area contributed by atoms with Gasteiger partial charge in [-0.25, -0.2) is 4.79 Å². The Hall–Kier alpha value is -3.58. The van der Waals surface area contributed by atoms with Crippen LogP contribution in [0.3, 0.4) is 0 Å². The summed E-state index contributed by atoms with van der Waals surface area (Å²) in [5.74, 6) is -5.13. The molecular weight excluding hydrogens is 556 g/mol. The molecule has 0 radical (unpaired) electrons. The van der Waals surface area contributed by atoms with E-state index in [-0.39, 0.29) is 12.2 Å². The van der Waals surface area contributed by atoms with Crippen LogP contribution in [0.25, 0.3) is 10.8 Å². The number of ether oxygens (including phenoxy) is 2. The van der Waals surface area contributed by atoms with Crippen LogP contribution < -0.4 is 10.6 Å². The van der Waals surface area contributed by atoms with Gasteiger partial charge < -0.3 is 40.5 Å². The quantitative estimate of drug-likeness (QED) is 0.206. The van der Waals surface area contributed by atoms with Crippen LogP contribution in [0.15, 0.2) is 66.7 Å². The fourth-order valence-corrected chi connectivity index (χ4v) is 4.84. The topological polar surface area (TPSA) is 175 Å². The number of carbonyl (C=O) groups excluding carboxylic acids is 2. The number of benzene rings is 3. The number of amides is 2. The molecule has 1 saturated heterocycles. The van der Waals surface area contributed by atoms with Crippen LogP contribution in [0, 0.1) is 0 Å². The smallest absolute Gasteiger partial charge is 0.364 e. The van der Waals surface area contributed by atoms with Gasteiger partial charge in [0.25, 0.3) is 11.7 Å². The van der Waals surface area contributed by atoms with E-state index < -0.39 is 67.0 Å².